The van der Waals surface area contributed by atoms with Crippen molar-refractivity contribution in [2.75, 3.05) is 20.3 Å². The van der Waals surface area contributed by atoms with E-state index < -0.39 is 32.1 Å². The maximum absolute atomic E-state index is 12.4. The highest BCUT2D eigenvalue weighted by Gasteiger charge is 2.44. The standard InChI is InChI=1S/C13H12N6O6S/c1-24-5-6-25-13(17-19-15)8-3-2-4-10(26(21,22)23)12(8)9(20)7-11(13)16-18-14/h2-4,7H,5-6H2,1H3,(H,21,22,23). The minimum atomic E-state index is -4.77. The van der Waals surface area contributed by atoms with E-state index in [-0.39, 0.29) is 24.5 Å². The summed E-state index contributed by atoms with van der Waals surface area (Å²) in [6, 6.07) is 3.49. The van der Waals surface area contributed by atoms with Crippen LogP contribution in [0.25, 0.3) is 20.9 Å². The van der Waals surface area contributed by atoms with Crippen LogP contribution in [-0.4, -0.2) is 39.1 Å². The summed E-state index contributed by atoms with van der Waals surface area (Å²) in [5, 5.41) is 6.88. The number of nitrogens with zero attached hydrogens (tertiary/aromatic N) is 6. The van der Waals surface area contributed by atoms with Crippen molar-refractivity contribution in [3.63, 3.8) is 0 Å². The Kier molecular flexibility index (Phi) is 5.63. The van der Waals surface area contributed by atoms with Crippen molar-refractivity contribution in [1.82, 2.24) is 0 Å². The molecule has 0 saturated carbocycles. The first-order valence-corrected chi connectivity index (χ1v) is 8.37. The molecule has 1 aromatic rings. The molecule has 26 heavy (non-hydrogen) atoms. The van der Waals surface area contributed by atoms with Gasteiger partial charge in [0.2, 0.25) is 5.72 Å². The van der Waals surface area contributed by atoms with Gasteiger partial charge in [-0.2, -0.15) is 8.42 Å². The monoisotopic (exact) mass is 380 g/mol. The average Bonchev–Trinajstić information content (AvgIpc) is 2.58. The van der Waals surface area contributed by atoms with Crippen molar-refractivity contribution in [1.29, 1.82) is 0 Å². The summed E-state index contributed by atoms with van der Waals surface area (Å²) in [6.07, 6.45) is 0.790. The fourth-order valence-electron chi connectivity index (χ4n) is 2.48. The number of ether oxygens (including phenoxy) is 2. The highest BCUT2D eigenvalue weighted by molar-refractivity contribution is 7.86. The Morgan fingerprint density at radius 3 is 2.58 bits per heavy atom. The fraction of sp³-hybridized carbons (Fsp3) is 0.308. The lowest BCUT2D eigenvalue weighted by molar-refractivity contribution is -0.0410. The molecule has 1 aromatic carbocycles. The average molecular weight is 380 g/mol. The second kappa shape index (κ2) is 7.54. The van der Waals surface area contributed by atoms with Gasteiger partial charge < -0.3 is 9.47 Å². The molecule has 0 saturated heterocycles. The van der Waals surface area contributed by atoms with Crippen LogP contribution in [0.5, 0.6) is 0 Å². The number of benzene rings is 1. The Morgan fingerprint density at radius 2 is 2.00 bits per heavy atom. The second-order valence-electron chi connectivity index (χ2n) is 4.91. The van der Waals surface area contributed by atoms with Crippen molar-refractivity contribution in [2.24, 2.45) is 10.2 Å². The van der Waals surface area contributed by atoms with E-state index in [4.69, 9.17) is 20.5 Å². The van der Waals surface area contributed by atoms with Crippen LogP contribution >= 0.6 is 0 Å². The third-order valence-corrected chi connectivity index (χ3v) is 4.36. The first-order valence-electron chi connectivity index (χ1n) is 6.93. The third kappa shape index (κ3) is 3.39. The maximum atomic E-state index is 12.4. The van der Waals surface area contributed by atoms with Gasteiger partial charge in [0.05, 0.1) is 18.9 Å². The van der Waals surface area contributed by atoms with E-state index in [1.54, 1.807) is 0 Å². The van der Waals surface area contributed by atoms with Gasteiger partial charge in [-0.15, -0.1) is 0 Å². The van der Waals surface area contributed by atoms with Crippen molar-refractivity contribution < 1.29 is 27.2 Å². The molecule has 1 aliphatic carbocycles. The molecule has 13 heteroatoms. The molecule has 0 heterocycles. The third-order valence-electron chi connectivity index (χ3n) is 3.47. The van der Waals surface area contributed by atoms with Gasteiger partial charge in [0.1, 0.15) is 4.90 Å². The molecule has 2 rings (SSSR count). The smallest absolute Gasteiger partial charge is 0.295 e. The lowest BCUT2D eigenvalue weighted by Gasteiger charge is -2.34. The molecule has 136 valence electrons. The molecule has 1 atom stereocenters. The van der Waals surface area contributed by atoms with Crippen molar-refractivity contribution >= 4 is 15.9 Å². The summed E-state index contributed by atoms with van der Waals surface area (Å²) < 4.78 is 43.1. The quantitative estimate of drug-likeness (QED) is 0.248. The summed E-state index contributed by atoms with van der Waals surface area (Å²) in [5.74, 6) is -0.866. The summed E-state index contributed by atoms with van der Waals surface area (Å²) in [5.41, 5.74) is 14.6. The maximum Gasteiger partial charge on any atom is 0.295 e. The van der Waals surface area contributed by atoms with Gasteiger partial charge in [-0.25, -0.2) is 0 Å². The largest absolute Gasteiger partial charge is 0.382 e. The minimum absolute atomic E-state index is 0.0630. The summed E-state index contributed by atoms with van der Waals surface area (Å²) >= 11 is 0. The van der Waals surface area contributed by atoms with E-state index in [0.29, 0.717) is 0 Å². The lowest BCUT2D eigenvalue weighted by atomic mass is 9.87. The number of rotatable bonds is 7. The van der Waals surface area contributed by atoms with Gasteiger partial charge in [-0.3, -0.25) is 9.35 Å². The normalized spacial score (nSPS) is 19.0. The molecule has 1 unspecified atom stereocenters. The molecule has 1 aliphatic rings. The van der Waals surface area contributed by atoms with Crippen LogP contribution in [0.3, 0.4) is 0 Å². The number of carbonyl (C=O) groups is 1. The second-order valence-corrected chi connectivity index (χ2v) is 6.30. The first-order chi connectivity index (χ1) is 12.3. The van der Waals surface area contributed by atoms with Gasteiger partial charge in [0.25, 0.3) is 10.1 Å². The highest BCUT2D eigenvalue weighted by atomic mass is 32.2. The molecule has 12 nitrogen and oxygen atoms in total. The Bertz CT molecular complexity index is 977. The first kappa shape index (κ1) is 19.4. The molecule has 0 spiro atoms. The van der Waals surface area contributed by atoms with Crippen LogP contribution in [0.1, 0.15) is 15.9 Å². The Morgan fingerprint density at radius 1 is 1.27 bits per heavy atom. The molecule has 0 aliphatic heterocycles. The number of hydrogen-bond donors (Lipinski definition) is 1. The van der Waals surface area contributed by atoms with Crippen LogP contribution in [0.4, 0.5) is 0 Å². The van der Waals surface area contributed by atoms with Gasteiger partial charge in [0.15, 0.2) is 5.78 Å². The van der Waals surface area contributed by atoms with Crippen molar-refractivity contribution in [2.45, 2.75) is 10.6 Å². The number of allylic oxidation sites excluding steroid dienone is 1. The van der Waals surface area contributed by atoms with Crippen LogP contribution in [0, 0.1) is 0 Å². The highest BCUT2D eigenvalue weighted by Crippen LogP contribution is 2.43. The predicted molar refractivity (Wildman–Crippen MR) is 86.5 cm³/mol. The van der Waals surface area contributed by atoms with E-state index in [2.05, 4.69) is 20.1 Å². The van der Waals surface area contributed by atoms with Crippen LogP contribution in [0.2, 0.25) is 0 Å². The van der Waals surface area contributed by atoms with Crippen molar-refractivity contribution in [3.8, 4) is 0 Å². The molecule has 1 N–H and O–H groups in total. The SMILES string of the molecule is COCCOC1(N=[N+]=[N-])C(N=[N+]=[N-])=CC(=O)c2c1cccc2S(=O)(=O)O. The molecular formula is C13H12N6O6S. The van der Waals surface area contributed by atoms with Gasteiger partial charge >= 0.3 is 0 Å². The van der Waals surface area contributed by atoms with Crippen LogP contribution in [0.15, 0.2) is 45.1 Å². The Balaban J connectivity index is 2.87. The molecule has 0 bridgehead atoms. The van der Waals surface area contributed by atoms with Gasteiger partial charge in [-0.1, -0.05) is 17.2 Å². The summed E-state index contributed by atoms with van der Waals surface area (Å²) in [7, 11) is -3.37. The van der Waals surface area contributed by atoms with Crippen LogP contribution in [-0.2, 0) is 25.3 Å². The zero-order valence-electron chi connectivity index (χ0n) is 13.3. The molecule has 0 aromatic heterocycles. The van der Waals surface area contributed by atoms with E-state index in [0.717, 1.165) is 12.1 Å². The number of hydrogen-bond acceptors (Lipinski definition) is 7. The minimum Gasteiger partial charge on any atom is -0.382 e. The van der Waals surface area contributed by atoms with E-state index in [9.17, 15) is 17.8 Å². The molecule has 0 fully saturated rings. The number of carbonyl (C=O) groups excluding carboxylic acids is 1. The topological polar surface area (TPSA) is 187 Å². The van der Waals surface area contributed by atoms with E-state index in [1.807, 2.05) is 0 Å². The number of azide groups is 2. The Labute approximate surface area is 147 Å². The fourth-order valence-corrected chi connectivity index (χ4v) is 3.20. The van der Waals surface area contributed by atoms with E-state index >= 15 is 0 Å². The summed E-state index contributed by atoms with van der Waals surface area (Å²) in [6.45, 7) is -0.0783. The summed E-state index contributed by atoms with van der Waals surface area (Å²) in [4.78, 5) is 17.0. The van der Waals surface area contributed by atoms with E-state index in [1.165, 1.54) is 19.2 Å². The van der Waals surface area contributed by atoms with Crippen molar-refractivity contribution in [3.05, 3.63) is 62.0 Å². The molecule has 0 amide bonds. The zero-order valence-corrected chi connectivity index (χ0v) is 14.1. The Hall–Kier alpha value is -2.92. The molecule has 0 radical (unpaired) electrons. The number of fused-ring (bicyclic) bond motifs is 1. The number of methoxy groups -OCH3 is 1. The van der Waals surface area contributed by atoms with Gasteiger partial charge in [-0.05, 0) is 28.3 Å². The van der Waals surface area contributed by atoms with Gasteiger partial charge in [0, 0.05) is 28.1 Å². The molecular weight excluding hydrogens is 368 g/mol. The predicted octanol–water partition coefficient (Wildman–Crippen LogP) is 2.45. The lowest BCUT2D eigenvalue weighted by Crippen LogP contribution is -2.36. The zero-order chi connectivity index (χ0) is 19.4. The van der Waals surface area contributed by atoms with Crippen LogP contribution < -0.4 is 0 Å². The number of ketones is 1.